The number of halogens is 1. The Bertz CT molecular complexity index is 1080. The first-order valence-corrected chi connectivity index (χ1v) is 9.50. The van der Waals surface area contributed by atoms with Crippen molar-refractivity contribution in [2.45, 2.75) is 19.9 Å². The lowest BCUT2D eigenvalue weighted by Gasteiger charge is -2.05. The summed E-state index contributed by atoms with van der Waals surface area (Å²) in [6.45, 7) is 2.43. The number of aromatic nitrogens is 2. The molecule has 0 spiro atoms. The Balaban J connectivity index is 1.46. The van der Waals surface area contributed by atoms with E-state index < -0.39 is 0 Å². The summed E-state index contributed by atoms with van der Waals surface area (Å²) in [6, 6.07) is 14.3. The van der Waals surface area contributed by atoms with Gasteiger partial charge in [0.15, 0.2) is 4.96 Å². The quantitative estimate of drug-likeness (QED) is 0.560. The maximum absolute atomic E-state index is 12.9. The van der Waals surface area contributed by atoms with Crippen molar-refractivity contribution in [3.05, 3.63) is 82.7 Å². The van der Waals surface area contributed by atoms with E-state index in [9.17, 15) is 9.18 Å². The molecule has 2 aromatic heterocycles. The lowest BCUT2D eigenvalue weighted by Crippen LogP contribution is -2.24. The van der Waals surface area contributed by atoms with Crippen LogP contribution < -0.4 is 5.32 Å². The summed E-state index contributed by atoms with van der Waals surface area (Å²) < 4.78 is 14.9. The lowest BCUT2D eigenvalue weighted by atomic mass is 10.1. The Morgan fingerprint density at radius 3 is 2.63 bits per heavy atom. The number of thiazole rings is 1. The van der Waals surface area contributed by atoms with Gasteiger partial charge in [0.2, 0.25) is 5.91 Å². The molecule has 0 aliphatic carbocycles. The van der Waals surface area contributed by atoms with E-state index >= 15 is 0 Å². The van der Waals surface area contributed by atoms with Crippen molar-refractivity contribution >= 4 is 22.2 Å². The molecule has 4 rings (SSSR count). The van der Waals surface area contributed by atoms with E-state index in [0.717, 1.165) is 27.5 Å². The number of hydrogen-bond donors (Lipinski definition) is 1. The predicted molar refractivity (Wildman–Crippen MR) is 105 cm³/mol. The standard InChI is InChI=1S/C21H18FN3OS/c1-14-2-6-16(7-3-14)19-12-25-18(13-27-21(25)24-19)10-20(26)23-11-15-4-8-17(22)9-5-15/h2-9,12-13H,10-11H2,1H3,(H,23,26). The van der Waals surface area contributed by atoms with Gasteiger partial charge in [-0.1, -0.05) is 42.0 Å². The molecule has 0 radical (unpaired) electrons. The van der Waals surface area contributed by atoms with Crippen molar-refractivity contribution in [1.29, 1.82) is 0 Å². The molecule has 27 heavy (non-hydrogen) atoms. The highest BCUT2D eigenvalue weighted by Gasteiger charge is 2.12. The molecule has 0 saturated heterocycles. The minimum atomic E-state index is -0.282. The number of fused-ring (bicyclic) bond motifs is 1. The van der Waals surface area contributed by atoms with Gasteiger partial charge >= 0.3 is 0 Å². The molecule has 0 fully saturated rings. The van der Waals surface area contributed by atoms with Crippen LogP contribution in [0.1, 0.15) is 16.8 Å². The van der Waals surface area contributed by atoms with Gasteiger partial charge in [0.05, 0.1) is 12.1 Å². The molecule has 0 unspecified atom stereocenters. The number of carbonyl (C=O) groups excluding carboxylic acids is 1. The van der Waals surface area contributed by atoms with Crippen LogP contribution >= 0.6 is 11.3 Å². The molecular weight excluding hydrogens is 361 g/mol. The fourth-order valence-corrected chi connectivity index (χ4v) is 3.72. The van der Waals surface area contributed by atoms with Crippen LogP contribution in [0.25, 0.3) is 16.2 Å². The van der Waals surface area contributed by atoms with Crippen molar-refractivity contribution in [3.63, 3.8) is 0 Å². The van der Waals surface area contributed by atoms with E-state index in [1.807, 2.05) is 16.0 Å². The third-order valence-corrected chi connectivity index (χ3v) is 5.26. The second kappa shape index (κ2) is 7.32. The van der Waals surface area contributed by atoms with Gasteiger partial charge in [-0.15, -0.1) is 11.3 Å². The summed E-state index contributed by atoms with van der Waals surface area (Å²) >= 11 is 1.52. The van der Waals surface area contributed by atoms with Gasteiger partial charge in [-0.05, 0) is 24.6 Å². The molecule has 0 aliphatic rings. The first kappa shape index (κ1) is 17.4. The number of rotatable bonds is 5. The van der Waals surface area contributed by atoms with Crippen LogP contribution in [-0.4, -0.2) is 15.3 Å². The van der Waals surface area contributed by atoms with Crippen LogP contribution in [0.2, 0.25) is 0 Å². The van der Waals surface area contributed by atoms with Gasteiger partial charge in [0, 0.05) is 29.4 Å². The number of aryl methyl sites for hydroxylation is 1. The van der Waals surface area contributed by atoms with E-state index in [0.29, 0.717) is 6.54 Å². The Labute approximate surface area is 160 Å². The van der Waals surface area contributed by atoms with Crippen LogP contribution in [0.5, 0.6) is 0 Å². The maximum Gasteiger partial charge on any atom is 0.226 e. The minimum Gasteiger partial charge on any atom is -0.352 e. The normalized spacial score (nSPS) is 11.0. The Morgan fingerprint density at radius 2 is 1.89 bits per heavy atom. The molecule has 1 amide bonds. The summed E-state index contributed by atoms with van der Waals surface area (Å²) in [4.78, 5) is 17.8. The molecule has 4 aromatic rings. The lowest BCUT2D eigenvalue weighted by molar-refractivity contribution is -0.120. The Morgan fingerprint density at radius 1 is 1.15 bits per heavy atom. The molecule has 0 aliphatic heterocycles. The second-order valence-electron chi connectivity index (χ2n) is 6.45. The van der Waals surface area contributed by atoms with E-state index in [2.05, 4.69) is 41.5 Å². The third kappa shape index (κ3) is 3.90. The summed E-state index contributed by atoms with van der Waals surface area (Å²) in [5.41, 5.74) is 4.93. The molecule has 136 valence electrons. The highest BCUT2D eigenvalue weighted by Crippen LogP contribution is 2.24. The van der Waals surface area contributed by atoms with Crippen LogP contribution in [0.15, 0.2) is 60.1 Å². The van der Waals surface area contributed by atoms with Crippen molar-refractivity contribution in [2.24, 2.45) is 0 Å². The summed E-state index contributed by atoms with van der Waals surface area (Å²) in [6.07, 6.45) is 2.24. The monoisotopic (exact) mass is 379 g/mol. The number of carbonyl (C=O) groups is 1. The van der Waals surface area contributed by atoms with E-state index in [-0.39, 0.29) is 18.1 Å². The number of amides is 1. The fourth-order valence-electron chi connectivity index (χ4n) is 2.85. The topological polar surface area (TPSA) is 46.4 Å². The van der Waals surface area contributed by atoms with Gasteiger partial charge < -0.3 is 5.32 Å². The number of nitrogens with zero attached hydrogens (tertiary/aromatic N) is 2. The van der Waals surface area contributed by atoms with Crippen LogP contribution in [0.4, 0.5) is 4.39 Å². The maximum atomic E-state index is 12.9. The van der Waals surface area contributed by atoms with Gasteiger partial charge in [-0.2, -0.15) is 0 Å². The first-order chi connectivity index (χ1) is 13.1. The summed E-state index contributed by atoms with van der Waals surface area (Å²) in [5.74, 6) is -0.361. The van der Waals surface area contributed by atoms with Gasteiger partial charge in [-0.3, -0.25) is 9.20 Å². The molecule has 4 nitrogen and oxygen atoms in total. The first-order valence-electron chi connectivity index (χ1n) is 8.62. The average Bonchev–Trinajstić information content (AvgIpc) is 3.24. The number of benzene rings is 2. The molecule has 2 heterocycles. The predicted octanol–water partition coefficient (Wildman–Crippen LogP) is 4.37. The molecule has 0 bridgehead atoms. The van der Waals surface area contributed by atoms with Crippen molar-refractivity contribution in [1.82, 2.24) is 14.7 Å². The Hall–Kier alpha value is -2.99. The SMILES string of the molecule is Cc1ccc(-c2cn3c(CC(=O)NCc4ccc(F)cc4)csc3n2)cc1. The smallest absolute Gasteiger partial charge is 0.226 e. The largest absolute Gasteiger partial charge is 0.352 e. The summed E-state index contributed by atoms with van der Waals surface area (Å²) in [5, 5.41) is 4.83. The number of nitrogens with one attached hydrogen (secondary N) is 1. The molecular formula is C21H18FN3OS. The van der Waals surface area contributed by atoms with Gasteiger partial charge in [-0.25, -0.2) is 9.37 Å². The third-order valence-electron chi connectivity index (χ3n) is 4.38. The van der Waals surface area contributed by atoms with E-state index in [4.69, 9.17) is 0 Å². The highest BCUT2D eigenvalue weighted by molar-refractivity contribution is 7.15. The fraction of sp³-hybridized carbons (Fsp3) is 0.143. The zero-order chi connectivity index (χ0) is 18.8. The molecule has 1 N–H and O–H groups in total. The van der Waals surface area contributed by atoms with Crippen LogP contribution in [0, 0.1) is 12.7 Å². The minimum absolute atomic E-state index is 0.0791. The molecule has 2 aromatic carbocycles. The number of hydrogen-bond acceptors (Lipinski definition) is 3. The van der Waals surface area contributed by atoms with Crippen LogP contribution in [0.3, 0.4) is 0 Å². The summed E-state index contributed by atoms with van der Waals surface area (Å²) in [7, 11) is 0. The van der Waals surface area contributed by atoms with E-state index in [1.54, 1.807) is 12.1 Å². The average molecular weight is 379 g/mol. The van der Waals surface area contributed by atoms with Gasteiger partial charge in [0.25, 0.3) is 0 Å². The number of imidazole rings is 1. The van der Waals surface area contributed by atoms with Crippen molar-refractivity contribution < 1.29 is 9.18 Å². The van der Waals surface area contributed by atoms with Gasteiger partial charge in [0.1, 0.15) is 5.82 Å². The van der Waals surface area contributed by atoms with Crippen molar-refractivity contribution in [2.75, 3.05) is 0 Å². The molecule has 0 saturated carbocycles. The van der Waals surface area contributed by atoms with Crippen molar-refractivity contribution in [3.8, 4) is 11.3 Å². The zero-order valence-corrected chi connectivity index (χ0v) is 15.6. The Kier molecular flexibility index (Phi) is 4.73. The highest BCUT2D eigenvalue weighted by atomic mass is 32.1. The zero-order valence-electron chi connectivity index (χ0n) is 14.8. The van der Waals surface area contributed by atoms with E-state index in [1.165, 1.54) is 29.0 Å². The van der Waals surface area contributed by atoms with Crippen LogP contribution in [-0.2, 0) is 17.8 Å². The molecule has 0 atom stereocenters. The second-order valence-corrected chi connectivity index (χ2v) is 7.29. The molecule has 6 heteroatoms.